The van der Waals surface area contributed by atoms with Gasteiger partial charge < -0.3 is 0 Å². The average molecular weight is 168 g/mol. The molecule has 0 aromatic heterocycles. The maximum Gasteiger partial charge on any atom is 0.136 e. The van der Waals surface area contributed by atoms with E-state index >= 15 is 0 Å². The van der Waals surface area contributed by atoms with Gasteiger partial charge in [0.1, 0.15) is 11.8 Å². The highest BCUT2D eigenvalue weighted by atomic mass is 32.1. The Morgan fingerprint density at radius 1 is 1.50 bits per heavy atom. The molecule has 0 fully saturated rings. The first kappa shape index (κ1) is 10.2. The lowest BCUT2D eigenvalue weighted by atomic mass is 10.0. The monoisotopic (exact) mass is 168 g/mol. The quantitative estimate of drug-likeness (QED) is 0.613. The van der Waals surface area contributed by atoms with Gasteiger partial charge in [0.15, 0.2) is 0 Å². The summed E-state index contributed by atoms with van der Waals surface area (Å²) in [6.07, 6.45) is -0.440. The molecule has 0 aliphatic rings. The highest BCUT2D eigenvalue weighted by Crippen LogP contribution is 2.21. The fraction of sp³-hybridized carbons (Fsp3) is 1.00. The van der Waals surface area contributed by atoms with E-state index in [9.17, 15) is 8.78 Å². The molecular formula is C7H14F2S. The smallest absolute Gasteiger partial charge is 0.136 e. The molecule has 10 heavy (non-hydrogen) atoms. The van der Waals surface area contributed by atoms with Gasteiger partial charge >= 0.3 is 0 Å². The first-order valence-corrected chi connectivity index (χ1v) is 4.05. The molecule has 0 aliphatic carbocycles. The Morgan fingerprint density at radius 2 is 2.00 bits per heavy atom. The second-order valence-electron chi connectivity index (χ2n) is 2.90. The third-order valence-corrected chi connectivity index (χ3v) is 1.68. The Bertz CT molecular complexity index is 88.1. The summed E-state index contributed by atoms with van der Waals surface area (Å²) in [6, 6.07) is 0. The van der Waals surface area contributed by atoms with E-state index in [0.717, 1.165) is 0 Å². The van der Waals surface area contributed by atoms with Gasteiger partial charge in [0.25, 0.3) is 0 Å². The summed E-state index contributed by atoms with van der Waals surface area (Å²) in [5.41, 5.74) is -1.69. The molecule has 0 heterocycles. The van der Waals surface area contributed by atoms with Crippen LogP contribution in [-0.4, -0.2) is 17.6 Å². The van der Waals surface area contributed by atoms with Crippen LogP contribution in [0.1, 0.15) is 26.7 Å². The first-order chi connectivity index (χ1) is 4.48. The number of hydrogen-bond acceptors (Lipinski definition) is 1. The first-order valence-electron chi connectivity index (χ1n) is 3.42. The van der Waals surface area contributed by atoms with Crippen LogP contribution in [0, 0.1) is 0 Å². The molecule has 0 aromatic rings. The van der Waals surface area contributed by atoms with E-state index in [-0.39, 0.29) is 6.42 Å². The lowest BCUT2D eigenvalue weighted by molar-refractivity contribution is 0.0787. The van der Waals surface area contributed by atoms with Crippen molar-refractivity contribution < 1.29 is 8.78 Å². The lowest BCUT2D eigenvalue weighted by Gasteiger charge is -2.18. The molecule has 1 unspecified atom stereocenters. The van der Waals surface area contributed by atoms with Gasteiger partial charge in [-0.25, -0.2) is 8.78 Å². The molecule has 0 N–H and O–H groups in total. The largest absolute Gasteiger partial charge is 0.244 e. The number of halogens is 2. The van der Waals surface area contributed by atoms with E-state index in [0.29, 0.717) is 12.2 Å². The summed E-state index contributed by atoms with van der Waals surface area (Å²) in [6.45, 7) is 2.52. The van der Waals surface area contributed by atoms with Gasteiger partial charge in [0.2, 0.25) is 0 Å². The molecule has 0 nitrogen and oxygen atoms in total. The van der Waals surface area contributed by atoms with Crippen LogP contribution in [0.15, 0.2) is 0 Å². The maximum atomic E-state index is 12.7. The molecule has 0 aromatic carbocycles. The van der Waals surface area contributed by atoms with Crippen LogP contribution >= 0.6 is 12.6 Å². The van der Waals surface area contributed by atoms with Gasteiger partial charge in [0.05, 0.1) is 0 Å². The lowest BCUT2D eigenvalue weighted by Crippen LogP contribution is -2.27. The summed E-state index contributed by atoms with van der Waals surface area (Å²) in [4.78, 5) is 0. The number of hydrogen-bond donors (Lipinski definition) is 1. The fourth-order valence-corrected chi connectivity index (χ4v) is 0.796. The number of rotatable bonds is 4. The minimum absolute atomic E-state index is 0.271. The minimum Gasteiger partial charge on any atom is -0.244 e. The Hall–Kier alpha value is 0.210. The molecule has 0 amide bonds. The van der Waals surface area contributed by atoms with Crippen LogP contribution in [0.5, 0.6) is 0 Å². The SMILES string of the molecule is CC(C)(F)C(F)CCCS. The molecule has 0 bridgehead atoms. The van der Waals surface area contributed by atoms with E-state index in [1.807, 2.05) is 0 Å². The maximum absolute atomic E-state index is 12.7. The second-order valence-corrected chi connectivity index (χ2v) is 3.35. The van der Waals surface area contributed by atoms with Gasteiger partial charge in [-0.2, -0.15) is 12.6 Å². The van der Waals surface area contributed by atoms with Crippen molar-refractivity contribution in [1.82, 2.24) is 0 Å². The number of thiol groups is 1. The standard InChI is InChI=1S/C7H14F2S/c1-7(2,9)6(8)4-3-5-10/h6,10H,3-5H2,1-2H3. The zero-order chi connectivity index (χ0) is 8.20. The summed E-state index contributed by atoms with van der Waals surface area (Å²) in [7, 11) is 0. The van der Waals surface area contributed by atoms with Crippen molar-refractivity contribution in [3.05, 3.63) is 0 Å². The molecule has 0 spiro atoms. The van der Waals surface area contributed by atoms with Crippen molar-refractivity contribution in [2.75, 3.05) is 5.75 Å². The number of alkyl halides is 2. The van der Waals surface area contributed by atoms with E-state index in [4.69, 9.17) is 0 Å². The Labute approximate surface area is 66.4 Å². The molecule has 62 valence electrons. The van der Waals surface area contributed by atoms with Crippen LogP contribution in [0.25, 0.3) is 0 Å². The molecule has 3 heteroatoms. The van der Waals surface area contributed by atoms with Crippen molar-refractivity contribution in [3.63, 3.8) is 0 Å². The zero-order valence-electron chi connectivity index (χ0n) is 6.40. The van der Waals surface area contributed by atoms with Crippen molar-refractivity contribution in [2.45, 2.75) is 38.5 Å². The molecule has 0 saturated heterocycles. The van der Waals surface area contributed by atoms with Crippen molar-refractivity contribution in [3.8, 4) is 0 Å². The Kier molecular flexibility index (Phi) is 4.25. The summed E-state index contributed by atoms with van der Waals surface area (Å²) >= 11 is 3.90. The van der Waals surface area contributed by atoms with Crippen LogP contribution in [-0.2, 0) is 0 Å². The Morgan fingerprint density at radius 3 is 2.30 bits per heavy atom. The molecule has 0 radical (unpaired) electrons. The van der Waals surface area contributed by atoms with Crippen molar-refractivity contribution in [1.29, 1.82) is 0 Å². The predicted octanol–water partition coefficient (Wildman–Crippen LogP) is 2.78. The predicted molar refractivity (Wildman–Crippen MR) is 43.2 cm³/mol. The second kappa shape index (κ2) is 4.16. The highest BCUT2D eigenvalue weighted by Gasteiger charge is 2.27. The van der Waals surface area contributed by atoms with E-state index in [2.05, 4.69) is 12.6 Å². The van der Waals surface area contributed by atoms with Gasteiger partial charge in [-0.05, 0) is 32.4 Å². The molecule has 0 rings (SSSR count). The van der Waals surface area contributed by atoms with Crippen molar-refractivity contribution in [2.24, 2.45) is 0 Å². The van der Waals surface area contributed by atoms with Crippen LogP contribution in [0.2, 0.25) is 0 Å². The molecular weight excluding hydrogens is 154 g/mol. The van der Waals surface area contributed by atoms with Crippen LogP contribution in [0.3, 0.4) is 0 Å². The van der Waals surface area contributed by atoms with Gasteiger partial charge in [-0.1, -0.05) is 0 Å². The third kappa shape index (κ3) is 4.09. The van der Waals surface area contributed by atoms with Gasteiger partial charge in [-0.15, -0.1) is 0 Å². The summed E-state index contributed by atoms with van der Waals surface area (Å²) in [5.74, 6) is 0.622. The highest BCUT2D eigenvalue weighted by molar-refractivity contribution is 7.80. The molecule has 0 saturated carbocycles. The van der Waals surface area contributed by atoms with E-state index in [1.54, 1.807) is 0 Å². The van der Waals surface area contributed by atoms with Crippen LogP contribution < -0.4 is 0 Å². The normalized spacial score (nSPS) is 15.3. The average Bonchev–Trinajstić information content (AvgIpc) is 1.80. The van der Waals surface area contributed by atoms with Gasteiger partial charge in [-0.3, -0.25) is 0 Å². The topological polar surface area (TPSA) is 0 Å². The minimum atomic E-state index is -1.69. The zero-order valence-corrected chi connectivity index (χ0v) is 7.30. The van der Waals surface area contributed by atoms with Crippen LogP contribution in [0.4, 0.5) is 8.78 Å². The van der Waals surface area contributed by atoms with Crippen molar-refractivity contribution >= 4 is 12.6 Å². The Balaban J connectivity index is 3.52. The third-order valence-electron chi connectivity index (χ3n) is 1.36. The summed E-state index contributed by atoms with van der Waals surface area (Å²) in [5, 5.41) is 0. The summed E-state index contributed by atoms with van der Waals surface area (Å²) < 4.78 is 25.4. The van der Waals surface area contributed by atoms with Gasteiger partial charge in [0, 0.05) is 0 Å². The fourth-order valence-electron chi connectivity index (χ4n) is 0.614. The van der Waals surface area contributed by atoms with E-state index < -0.39 is 11.8 Å². The van der Waals surface area contributed by atoms with E-state index in [1.165, 1.54) is 13.8 Å². The molecule has 1 atom stereocenters. The molecule has 0 aliphatic heterocycles.